The van der Waals surface area contributed by atoms with Crippen LogP contribution in [0.3, 0.4) is 0 Å². The molecule has 0 spiro atoms. The van der Waals surface area contributed by atoms with Gasteiger partial charge < -0.3 is 10.1 Å². The molecule has 1 fully saturated rings. The Morgan fingerprint density at radius 1 is 1.20 bits per heavy atom. The number of para-hydroxylation sites is 1. The van der Waals surface area contributed by atoms with E-state index in [-0.39, 0.29) is 12.4 Å². The van der Waals surface area contributed by atoms with Gasteiger partial charge in [0.2, 0.25) is 0 Å². The molecule has 1 aromatic carbocycles. The van der Waals surface area contributed by atoms with E-state index in [2.05, 4.69) is 5.32 Å². The van der Waals surface area contributed by atoms with Crippen LogP contribution in [0, 0.1) is 0 Å². The summed E-state index contributed by atoms with van der Waals surface area (Å²) in [6.07, 6.45) is 3.81. The van der Waals surface area contributed by atoms with Gasteiger partial charge in [-0.3, -0.25) is 0 Å². The van der Waals surface area contributed by atoms with Crippen LogP contribution in [0.2, 0.25) is 0 Å². The van der Waals surface area contributed by atoms with Crippen molar-refractivity contribution in [3.05, 3.63) is 30.3 Å². The van der Waals surface area contributed by atoms with Gasteiger partial charge in [-0.25, -0.2) is 0 Å². The summed E-state index contributed by atoms with van der Waals surface area (Å²) in [6, 6.07) is 10.8. The zero-order valence-corrected chi connectivity index (χ0v) is 9.63. The van der Waals surface area contributed by atoms with Gasteiger partial charge in [0.1, 0.15) is 5.75 Å². The highest BCUT2D eigenvalue weighted by molar-refractivity contribution is 5.85. The van der Waals surface area contributed by atoms with Crippen molar-refractivity contribution in [2.24, 2.45) is 0 Å². The molecule has 2 nitrogen and oxygen atoms in total. The van der Waals surface area contributed by atoms with Crippen LogP contribution in [-0.2, 0) is 0 Å². The molecule has 0 saturated heterocycles. The molecule has 1 saturated carbocycles. The third-order valence-corrected chi connectivity index (χ3v) is 2.34. The number of halogens is 1. The van der Waals surface area contributed by atoms with Crippen LogP contribution in [0.25, 0.3) is 0 Å². The SMILES string of the molecule is Cl.c1ccc(OCCCNC2CC2)cc1. The van der Waals surface area contributed by atoms with Crippen molar-refractivity contribution in [1.29, 1.82) is 0 Å². The van der Waals surface area contributed by atoms with E-state index in [4.69, 9.17) is 4.74 Å². The summed E-state index contributed by atoms with van der Waals surface area (Å²) < 4.78 is 5.57. The lowest BCUT2D eigenvalue weighted by molar-refractivity contribution is 0.308. The van der Waals surface area contributed by atoms with Gasteiger partial charge in [0, 0.05) is 6.04 Å². The van der Waals surface area contributed by atoms with Gasteiger partial charge in [-0.05, 0) is 37.9 Å². The van der Waals surface area contributed by atoms with E-state index in [0.717, 1.165) is 31.4 Å². The molecule has 0 atom stereocenters. The van der Waals surface area contributed by atoms with Crippen molar-refractivity contribution < 1.29 is 4.74 Å². The van der Waals surface area contributed by atoms with Crippen molar-refractivity contribution >= 4 is 12.4 Å². The molecule has 84 valence electrons. The molecular weight excluding hydrogens is 210 g/mol. The molecule has 0 unspecified atom stereocenters. The largest absolute Gasteiger partial charge is 0.494 e. The van der Waals surface area contributed by atoms with Crippen molar-refractivity contribution in [3.8, 4) is 5.75 Å². The number of hydrogen-bond donors (Lipinski definition) is 1. The highest BCUT2D eigenvalue weighted by Crippen LogP contribution is 2.18. The molecule has 0 bridgehead atoms. The van der Waals surface area contributed by atoms with E-state index in [1.54, 1.807) is 0 Å². The Hall–Kier alpha value is -0.730. The topological polar surface area (TPSA) is 21.3 Å². The fourth-order valence-corrected chi connectivity index (χ4v) is 1.37. The second kappa shape index (κ2) is 6.70. The molecule has 1 aliphatic rings. The minimum absolute atomic E-state index is 0. The molecule has 1 N–H and O–H groups in total. The maximum absolute atomic E-state index is 5.57. The lowest BCUT2D eigenvalue weighted by Gasteiger charge is -2.05. The van der Waals surface area contributed by atoms with Crippen molar-refractivity contribution in [1.82, 2.24) is 5.32 Å². The van der Waals surface area contributed by atoms with E-state index in [1.165, 1.54) is 12.8 Å². The van der Waals surface area contributed by atoms with Gasteiger partial charge in [-0.15, -0.1) is 12.4 Å². The smallest absolute Gasteiger partial charge is 0.119 e. The molecule has 0 aromatic heterocycles. The second-order valence-corrected chi connectivity index (χ2v) is 3.74. The van der Waals surface area contributed by atoms with Gasteiger partial charge in [-0.2, -0.15) is 0 Å². The lowest BCUT2D eigenvalue weighted by atomic mass is 10.3. The quantitative estimate of drug-likeness (QED) is 0.755. The summed E-state index contributed by atoms with van der Waals surface area (Å²) >= 11 is 0. The van der Waals surface area contributed by atoms with E-state index < -0.39 is 0 Å². The van der Waals surface area contributed by atoms with Gasteiger partial charge in [0.25, 0.3) is 0 Å². The standard InChI is InChI=1S/C12H17NO.ClH/c1-2-5-12(6-3-1)14-10-4-9-13-11-7-8-11;/h1-3,5-6,11,13H,4,7-10H2;1H. The first-order valence-corrected chi connectivity index (χ1v) is 5.36. The van der Waals surface area contributed by atoms with E-state index in [1.807, 2.05) is 30.3 Å². The van der Waals surface area contributed by atoms with Gasteiger partial charge in [-0.1, -0.05) is 18.2 Å². The fourth-order valence-electron chi connectivity index (χ4n) is 1.37. The zero-order valence-electron chi connectivity index (χ0n) is 8.82. The van der Waals surface area contributed by atoms with Crippen LogP contribution in [0.5, 0.6) is 5.75 Å². The predicted molar refractivity (Wildman–Crippen MR) is 64.8 cm³/mol. The Labute approximate surface area is 97.4 Å². The highest BCUT2D eigenvalue weighted by atomic mass is 35.5. The maximum Gasteiger partial charge on any atom is 0.119 e. The average Bonchev–Trinajstić information content (AvgIpc) is 3.03. The van der Waals surface area contributed by atoms with Crippen LogP contribution in [-0.4, -0.2) is 19.2 Å². The van der Waals surface area contributed by atoms with Crippen molar-refractivity contribution in [2.45, 2.75) is 25.3 Å². The number of hydrogen-bond acceptors (Lipinski definition) is 2. The average molecular weight is 228 g/mol. The van der Waals surface area contributed by atoms with Crippen molar-refractivity contribution in [2.75, 3.05) is 13.2 Å². The van der Waals surface area contributed by atoms with Crippen LogP contribution in [0.4, 0.5) is 0 Å². The third-order valence-electron chi connectivity index (χ3n) is 2.34. The summed E-state index contributed by atoms with van der Waals surface area (Å²) in [5, 5.41) is 3.46. The highest BCUT2D eigenvalue weighted by Gasteiger charge is 2.19. The first-order valence-electron chi connectivity index (χ1n) is 5.36. The third kappa shape index (κ3) is 5.05. The van der Waals surface area contributed by atoms with E-state index in [9.17, 15) is 0 Å². The normalized spacial score (nSPS) is 14.4. The second-order valence-electron chi connectivity index (χ2n) is 3.74. The Balaban J connectivity index is 0.00000112. The number of rotatable bonds is 6. The first kappa shape index (κ1) is 12.3. The molecule has 15 heavy (non-hydrogen) atoms. The summed E-state index contributed by atoms with van der Waals surface area (Å²) in [4.78, 5) is 0. The monoisotopic (exact) mass is 227 g/mol. The predicted octanol–water partition coefficient (Wildman–Crippen LogP) is 2.63. The molecule has 0 amide bonds. The molecule has 1 aromatic rings. The number of ether oxygens (including phenoxy) is 1. The lowest BCUT2D eigenvalue weighted by Crippen LogP contribution is -2.19. The van der Waals surface area contributed by atoms with Crippen LogP contribution in [0.1, 0.15) is 19.3 Å². The number of benzene rings is 1. The van der Waals surface area contributed by atoms with E-state index >= 15 is 0 Å². The Kier molecular flexibility index (Phi) is 5.51. The summed E-state index contributed by atoms with van der Waals surface area (Å²) in [7, 11) is 0. The van der Waals surface area contributed by atoms with Gasteiger partial charge in [0.15, 0.2) is 0 Å². The molecule has 0 heterocycles. The molecule has 1 aliphatic carbocycles. The summed E-state index contributed by atoms with van der Waals surface area (Å²) in [6.45, 7) is 1.89. The molecule has 2 rings (SSSR count). The Morgan fingerprint density at radius 3 is 2.60 bits per heavy atom. The number of nitrogens with one attached hydrogen (secondary N) is 1. The minimum Gasteiger partial charge on any atom is -0.494 e. The fraction of sp³-hybridized carbons (Fsp3) is 0.500. The van der Waals surface area contributed by atoms with E-state index in [0.29, 0.717) is 0 Å². The van der Waals surface area contributed by atoms with Crippen LogP contribution < -0.4 is 10.1 Å². The molecule has 0 aliphatic heterocycles. The van der Waals surface area contributed by atoms with Gasteiger partial charge >= 0.3 is 0 Å². The van der Waals surface area contributed by atoms with Crippen LogP contribution in [0.15, 0.2) is 30.3 Å². The summed E-state index contributed by atoms with van der Waals surface area (Å²) in [5.41, 5.74) is 0. The van der Waals surface area contributed by atoms with Gasteiger partial charge in [0.05, 0.1) is 6.61 Å². The van der Waals surface area contributed by atoms with Crippen LogP contribution >= 0.6 is 12.4 Å². The Bertz CT molecular complexity index is 262. The minimum atomic E-state index is 0. The maximum atomic E-state index is 5.57. The summed E-state index contributed by atoms with van der Waals surface area (Å²) in [5.74, 6) is 0.971. The Morgan fingerprint density at radius 2 is 1.93 bits per heavy atom. The van der Waals surface area contributed by atoms with Crippen molar-refractivity contribution in [3.63, 3.8) is 0 Å². The molecule has 0 radical (unpaired) electrons. The zero-order chi connectivity index (χ0) is 9.64. The molecule has 3 heteroatoms. The first-order chi connectivity index (χ1) is 6.95. The molecular formula is C12H18ClNO.